The van der Waals surface area contributed by atoms with E-state index in [4.69, 9.17) is 0 Å². The maximum atomic E-state index is 4.62. The van der Waals surface area contributed by atoms with E-state index in [1.165, 1.54) is 36.8 Å². The highest BCUT2D eigenvalue weighted by Gasteiger charge is 2.41. The van der Waals surface area contributed by atoms with Gasteiger partial charge in [0.15, 0.2) is 0 Å². The van der Waals surface area contributed by atoms with Gasteiger partial charge in [-0.2, -0.15) is 0 Å². The molecule has 18 heavy (non-hydrogen) atoms. The molecule has 4 rings (SSSR count). The van der Waals surface area contributed by atoms with Gasteiger partial charge in [0, 0.05) is 18.0 Å². The Hall–Kier alpha value is -1.83. The molecule has 0 atom stereocenters. The minimum absolute atomic E-state index is 0.196. The Kier molecular flexibility index (Phi) is 2.01. The Morgan fingerprint density at radius 1 is 1.11 bits per heavy atom. The molecule has 1 saturated carbocycles. The van der Waals surface area contributed by atoms with E-state index in [9.17, 15) is 0 Å². The fourth-order valence-corrected chi connectivity index (χ4v) is 3.41. The van der Waals surface area contributed by atoms with Crippen molar-refractivity contribution in [2.24, 2.45) is 4.99 Å². The Morgan fingerprint density at radius 2 is 1.94 bits per heavy atom. The number of fused-ring (bicyclic) bond motifs is 4. The summed E-state index contributed by atoms with van der Waals surface area (Å²) in [4.78, 5) is 7.01. The summed E-state index contributed by atoms with van der Waals surface area (Å²) in [6, 6.07) is 8.51. The van der Waals surface area contributed by atoms with Gasteiger partial charge < -0.3 is 4.90 Å². The third kappa shape index (κ3) is 1.26. The summed E-state index contributed by atoms with van der Waals surface area (Å²) in [5.41, 5.74) is 2.73. The van der Waals surface area contributed by atoms with Gasteiger partial charge in [0.05, 0.1) is 5.54 Å². The minimum atomic E-state index is 0.196. The van der Waals surface area contributed by atoms with E-state index in [1.807, 2.05) is 6.20 Å². The summed E-state index contributed by atoms with van der Waals surface area (Å²) in [5.74, 6) is 1.12. The first kappa shape index (κ1) is 10.1. The van der Waals surface area contributed by atoms with Gasteiger partial charge in [-0.05, 0) is 30.6 Å². The molecule has 0 bridgehead atoms. The van der Waals surface area contributed by atoms with Gasteiger partial charge in [-0.1, -0.05) is 37.1 Å². The molecule has 2 nitrogen and oxygen atoms in total. The van der Waals surface area contributed by atoms with Crippen LogP contribution in [0.15, 0.2) is 47.7 Å². The van der Waals surface area contributed by atoms with Crippen LogP contribution in [0.4, 0.5) is 0 Å². The van der Waals surface area contributed by atoms with Crippen LogP contribution in [-0.4, -0.2) is 16.3 Å². The maximum absolute atomic E-state index is 4.62. The molecule has 0 N–H and O–H groups in total. The molecule has 0 saturated heterocycles. The van der Waals surface area contributed by atoms with Crippen LogP contribution in [0.2, 0.25) is 0 Å². The molecule has 0 radical (unpaired) electrons. The van der Waals surface area contributed by atoms with Gasteiger partial charge in [0.25, 0.3) is 0 Å². The molecule has 1 spiro atoms. The number of aliphatic imine (C=N–C) groups is 1. The SMILES string of the molecule is C1=CC2(CCCC2)N2C=Cc3ccccc3C2=N1. The molecule has 0 unspecified atom stereocenters. The smallest absolute Gasteiger partial charge is 0.141 e. The van der Waals surface area contributed by atoms with Crippen LogP contribution < -0.4 is 0 Å². The van der Waals surface area contributed by atoms with Crippen molar-refractivity contribution < 1.29 is 0 Å². The van der Waals surface area contributed by atoms with E-state index in [1.54, 1.807) is 0 Å². The van der Waals surface area contributed by atoms with Crippen molar-refractivity contribution in [2.45, 2.75) is 31.2 Å². The first-order valence-electron chi connectivity index (χ1n) is 6.72. The lowest BCUT2D eigenvalue weighted by atomic mass is 9.90. The van der Waals surface area contributed by atoms with Gasteiger partial charge in [-0.15, -0.1) is 0 Å². The third-order valence-corrected chi connectivity index (χ3v) is 4.36. The summed E-state index contributed by atoms with van der Waals surface area (Å²) in [6.45, 7) is 0. The average molecular weight is 236 g/mol. The molecule has 0 aromatic heterocycles. The molecule has 0 amide bonds. The first-order valence-corrected chi connectivity index (χ1v) is 6.72. The second kappa shape index (κ2) is 3.58. The van der Waals surface area contributed by atoms with Crippen molar-refractivity contribution in [3.05, 3.63) is 53.9 Å². The van der Waals surface area contributed by atoms with Gasteiger partial charge in [-0.3, -0.25) is 0 Å². The van der Waals surface area contributed by atoms with Gasteiger partial charge in [-0.25, -0.2) is 4.99 Å². The first-order chi connectivity index (χ1) is 8.89. The summed E-state index contributed by atoms with van der Waals surface area (Å²) in [7, 11) is 0. The molecule has 90 valence electrons. The normalized spacial score (nSPS) is 22.9. The number of hydrogen-bond donors (Lipinski definition) is 0. The zero-order chi connectivity index (χ0) is 12.0. The number of nitrogens with zero attached hydrogens (tertiary/aromatic N) is 2. The van der Waals surface area contributed by atoms with Crippen LogP contribution in [0.25, 0.3) is 6.08 Å². The Labute approximate surface area is 107 Å². The van der Waals surface area contributed by atoms with Crippen LogP contribution in [0, 0.1) is 0 Å². The predicted octanol–water partition coefficient (Wildman–Crippen LogP) is 3.56. The predicted molar refractivity (Wildman–Crippen MR) is 74.2 cm³/mol. The molecular weight excluding hydrogens is 220 g/mol. The quantitative estimate of drug-likeness (QED) is 0.672. The van der Waals surface area contributed by atoms with Crippen molar-refractivity contribution in [1.29, 1.82) is 0 Å². The van der Waals surface area contributed by atoms with E-state index in [-0.39, 0.29) is 5.54 Å². The lowest BCUT2D eigenvalue weighted by molar-refractivity contribution is 0.299. The van der Waals surface area contributed by atoms with E-state index < -0.39 is 0 Å². The van der Waals surface area contributed by atoms with E-state index in [0.29, 0.717) is 0 Å². The molecule has 1 fully saturated rings. The number of amidine groups is 1. The zero-order valence-electron chi connectivity index (χ0n) is 10.3. The van der Waals surface area contributed by atoms with Gasteiger partial charge in [0.2, 0.25) is 0 Å². The summed E-state index contributed by atoms with van der Waals surface area (Å²) in [5, 5.41) is 0. The van der Waals surface area contributed by atoms with Crippen molar-refractivity contribution in [1.82, 2.24) is 4.90 Å². The Balaban J connectivity index is 1.87. The highest BCUT2D eigenvalue weighted by Crippen LogP contribution is 2.41. The van der Waals surface area contributed by atoms with Crippen molar-refractivity contribution >= 4 is 11.9 Å². The molecular formula is C16H16N2. The van der Waals surface area contributed by atoms with E-state index >= 15 is 0 Å². The Bertz CT molecular complexity index is 575. The molecule has 2 aliphatic heterocycles. The molecule has 1 aromatic rings. The third-order valence-electron chi connectivity index (χ3n) is 4.36. The fraction of sp³-hybridized carbons (Fsp3) is 0.312. The number of rotatable bonds is 0. The zero-order valence-corrected chi connectivity index (χ0v) is 10.3. The highest BCUT2D eigenvalue weighted by molar-refractivity contribution is 6.05. The van der Waals surface area contributed by atoms with Crippen LogP contribution in [0.1, 0.15) is 36.8 Å². The van der Waals surface area contributed by atoms with Gasteiger partial charge in [0.1, 0.15) is 5.84 Å². The van der Waals surface area contributed by atoms with Crippen LogP contribution >= 0.6 is 0 Å². The minimum Gasteiger partial charge on any atom is -0.323 e. The molecule has 3 aliphatic rings. The lowest BCUT2D eigenvalue weighted by Gasteiger charge is -2.42. The Morgan fingerprint density at radius 3 is 2.83 bits per heavy atom. The van der Waals surface area contributed by atoms with Crippen molar-refractivity contribution in [3.63, 3.8) is 0 Å². The maximum Gasteiger partial charge on any atom is 0.141 e. The van der Waals surface area contributed by atoms with E-state index in [0.717, 1.165) is 5.84 Å². The molecule has 1 aliphatic carbocycles. The molecule has 2 heteroatoms. The second-order valence-electron chi connectivity index (χ2n) is 5.35. The number of hydrogen-bond acceptors (Lipinski definition) is 2. The standard InChI is InChI=1S/C16H16N2/c1-2-6-14-13(5-1)7-12-18-15(14)17-11-10-16(18)8-3-4-9-16/h1-2,5-7,10-12H,3-4,8-9H2. The number of benzene rings is 1. The summed E-state index contributed by atoms with van der Waals surface area (Å²) >= 11 is 0. The lowest BCUT2D eigenvalue weighted by Crippen LogP contribution is -2.48. The molecule has 2 heterocycles. The molecule has 1 aromatic carbocycles. The summed E-state index contributed by atoms with van der Waals surface area (Å²) < 4.78 is 0. The van der Waals surface area contributed by atoms with Crippen molar-refractivity contribution in [3.8, 4) is 0 Å². The van der Waals surface area contributed by atoms with Crippen molar-refractivity contribution in [2.75, 3.05) is 0 Å². The van der Waals surface area contributed by atoms with E-state index in [2.05, 4.69) is 52.5 Å². The largest absolute Gasteiger partial charge is 0.323 e. The average Bonchev–Trinajstić information content (AvgIpc) is 2.88. The summed E-state index contributed by atoms with van der Waals surface area (Å²) in [6.07, 6.45) is 13.9. The van der Waals surface area contributed by atoms with Gasteiger partial charge >= 0.3 is 0 Å². The highest BCUT2D eigenvalue weighted by atomic mass is 15.3. The van der Waals surface area contributed by atoms with Crippen LogP contribution in [-0.2, 0) is 0 Å². The monoisotopic (exact) mass is 236 g/mol. The second-order valence-corrected chi connectivity index (χ2v) is 5.35. The van der Waals surface area contributed by atoms with Crippen LogP contribution in [0.3, 0.4) is 0 Å². The fourth-order valence-electron chi connectivity index (χ4n) is 3.41. The van der Waals surface area contributed by atoms with Crippen LogP contribution in [0.5, 0.6) is 0 Å². The topological polar surface area (TPSA) is 15.6 Å².